The molecular formula is C38H46BF3N6O5S. The van der Waals surface area contributed by atoms with Crippen molar-refractivity contribution in [1.29, 1.82) is 0 Å². The van der Waals surface area contributed by atoms with Gasteiger partial charge in [0.25, 0.3) is 5.56 Å². The summed E-state index contributed by atoms with van der Waals surface area (Å²) < 4.78 is 56.1. The number of hydrogen-bond acceptors (Lipinski definition) is 8. The zero-order valence-corrected chi connectivity index (χ0v) is 32.0. The summed E-state index contributed by atoms with van der Waals surface area (Å²) in [5, 5.41) is 9.07. The summed E-state index contributed by atoms with van der Waals surface area (Å²) in [7, 11) is -0.688. The monoisotopic (exact) mass is 766 g/mol. The Bertz CT molecular complexity index is 1990. The summed E-state index contributed by atoms with van der Waals surface area (Å²) in [6.07, 6.45) is 0.917. The first-order chi connectivity index (χ1) is 25.5. The van der Waals surface area contributed by atoms with E-state index in [0.29, 0.717) is 29.5 Å². The second-order valence-corrected chi connectivity index (χ2v) is 16.6. The Kier molecular flexibility index (Phi) is 9.87. The molecule has 11 nitrogen and oxygen atoms in total. The summed E-state index contributed by atoms with van der Waals surface area (Å²) >= 11 is 1.20. The molecule has 3 N–H and O–H groups in total. The van der Waals surface area contributed by atoms with Crippen molar-refractivity contribution in [2.45, 2.75) is 102 Å². The smallest absolute Gasteiger partial charge is 0.404 e. The molecule has 5 aliphatic rings. The van der Waals surface area contributed by atoms with Gasteiger partial charge < -0.3 is 25.3 Å². The van der Waals surface area contributed by atoms with Gasteiger partial charge in [0.15, 0.2) is 0 Å². The predicted molar refractivity (Wildman–Crippen MR) is 202 cm³/mol. The molecule has 3 saturated carbocycles. The van der Waals surface area contributed by atoms with E-state index in [4.69, 9.17) is 9.31 Å². The fraction of sp³-hybridized carbons (Fsp3) is 0.526. The molecule has 2 bridgehead atoms. The third-order valence-electron chi connectivity index (χ3n) is 12.2. The normalized spacial score (nSPS) is 28.4. The van der Waals surface area contributed by atoms with Crippen LogP contribution in [0, 0.1) is 17.3 Å². The number of carbonyl (C=O) groups excluding carboxylic acids is 2. The van der Waals surface area contributed by atoms with Gasteiger partial charge in [-0.3, -0.25) is 14.2 Å². The molecule has 2 aromatic carbocycles. The SMILES string of the molecule is CC[C@H](NC(=O)[C@@H]1C[C@@](C)(NC(=O)N(SC)c2ccccc2)c2ncc(NCc3cccc(C(F)(F)F)c3)c(=O)n21)B1O[C@@H]2C[C@@H]3C[C@@H](C3(C)C)[C@]2(C)O1. The molecular weight excluding hydrogens is 720 g/mol. The Labute approximate surface area is 317 Å². The molecule has 1 aromatic heterocycles. The minimum absolute atomic E-state index is 0.00199. The first-order valence-electron chi connectivity index (χ1n) is 18.4. The number of nitrogens with one attached hydrogen (secondary N) is 3. The number of aromatic nitrogens is 2. The van der Waals surface area contributed by atoms with Gasteiger partial charge in [-0.25, -0.2) is 14.1 Å². The number of para-hydroxylation sites is 1. The Morgan fingerprint density at radius 2 is 1.85 bits per heavy atom. The highest BCUT2D eigenvalue weighted by molar-refractivity contribution is 8.00. The number of amides is 3. The second-order valence-electron chi connectivity index (χ2n) is 15.9. The summed E-state index contributed by atoms with van der Waals surface area (Å²) in [6.45, 7) is 10.2. The Balaban J connectivity index is 1.17. The highest BCUT2D eigenvalue weighted by atomic mass is 32.2. The lowest BCUT2D eigenvalue weighted by Crippen LogP contribution is -2.65. The van der Waals surface area contributed by atoms with Crippen LogP contribution in [0.2, 0.25) is 0 Å². The number of halogens is 3. The van der Waals surface area contributed by atoms with E-state index < -0.39 is 59.5 Å². The molecule has 288 valence electrons. The van der Waals surface area contributed by atoms with Crippen LogP contribution in [0.1, 0.15) is 83.3 Å². The predicted octanol–water partition coefficient (Wildman–Crippen LogP) is 6.69. The maximum atomic E-state index is 14.4. The van der Waals surface area contributed by atoms with Crippen LogP contribution >= 0.6 is 11.9 Å². The highest BCUT2D eigenvalue weighted by Gasteiger charge is 2.68. The summed E-state index contributed by atoms with van der Waals surface area (Å²) in [6, 6.07) is 12.3. The topological polar surface area (TPSA) is 127 Å². The van der Waals surface area contributed by atoms with E-state index in [-0.39, 0.29) is 36.0 Å². The van der Waals surface area contributed by atoms with Crippen LogP contribution in [0.4, 0.5) is 29.3 Å². The van der Waals surface area contributed by atoms with Crippen LogP contribution < -0.4 is 25.8 Å². The van der Waals surface area contributed by atoms with Gasteiger partial charge in [0, 0.05) is 19.2 Å². The van der Waals surface area contributed by atoms with Gasteiger partial charge in [-0.05, 0) is 92.1 Å². The summed E-state index contributed by atoms with van der Waals surface area (Å²) in [5.74, 6) is 0.0609. The number of fused-ring (bicyclic) bond motifs is 1. The van der Waals surface area contributed by atoms with Gasteiger partial charge in [0.1, 0.15) is 17.6 Å². The Hall–Kier alpha value is -4.02. The van der Waals surface area contributed by atoms with Crippen molar-refractivity contribution in [3.05, 3.63) is 88.1 Å². The van der Waals surface area contributed by atoms with E-state index in [9.17, 15) is 27.6 Å². The van der Waals surface area contributed by atoms with Crippen molar-refractivity contribution in [3.8, 4) is 0 Å². The second kappa shape index (κ2) is 13.9. The molecule has 54 heavy (non-hydrogen) atoms. The van der Waals surface area contributed by atoms with Crippen LogP contribution in [0.5, 0.6) is 0 Å². The van der Waals surface area contributed by atoms with Crippen molar-refractivity contribution in [1.82, 2.24) is 20.2 Å². The molecule has 0 unspecified atom stereocenters. The fourth-order valence-corrected chi connectivity index (χ4v) is 9.64. The molecule has 0 spiro atoms. The minimum Gasteiger partial charge on any atom is -0.404 e. The van der Waals surface area contributed by atoms with Crippen molar-refractivity contribution in [3.63, 3.8) is 0 Å². The maximum Gasteiger partial charge on any atom is 0.481 e. The van der Waals surface area contributed by atoms with E-state index in [2.05, 4.69) is 41.7 Å². The molecule has 3 aromatic rings. The third kappa shape index (κ3) is 6.57. The van der Waals surface area contributed by atoms with Crippen molar-refractivity contribution in [2.24, 2.45) is 17.3 Å². The molecule has 16 heteroatoms. The van der Waals surface area contributed by atoms with Gasteiger partial charge in [-0.1, -0.05) is 51.1 Å². The van der Waals surface area contributed by atoms with Crippen LogP contribution in [-0.4, -0.2) is 52.5 Å². The number of rotatable bonds is 10. The van der Waals surface area contributed by atoms with Gasteiger partial charge in [-0.2, -0.15) is 13.2 Å². The molecule has 3 amide bonds. The van der Waals surface area contributed by atoms with Crippen LogP contribution in [0.15, 0.2) is 65.6 Å². The van der Waals surface area contributed by atoms with E-state index in [1.807, 2.05) is 25.1 Å². The zero-order chi connectivity index (χ0) is 38.8. The number of hydrogen-bond donors (Lipinski definition) is 3. The molecule has 7 atom stereocenters. The Morgan fingerprint density at radius 1 is 1.11 bits per heavy atom. The first kappa shape index (κ1) is 38.3. The van der Waals surface area contributed by atoms with Crippen LogP contribution in [-0.2, 0) is 32.4 Å². The van der Waals surface area contributed by atoms with Crippen LogP contribution in [0.3, 0.4) is 0 Å². The lowest BCUT2D eigenvalue weighted by molar-refractivity contribution is -0.199. The van der Waals surface area contributed by atoms with Gasteiger partial charge in [0.2, 0.25) is 5.91 Å². The van der Waals surface area contributed by atoms with E-state index in [1.54, 1.807) is 25.3 Å². The van der Waals surface area contributed by atoms with E-state index in [1.165, 1.54) is 39.1 Å². The molecule has 2 aliphatic heterocycles. The third-order valence-corrected chi connectivity index (χ3v) is 13.0. The van der Waals surface area contributed by atoms with Gasteiger partial charge >= 0.3 is 19.3 Å². The largest absolute Gasteiger partial charge is 0.481 e. The average Bonchev–Trinajstić information content (AvgIpc) is 3.64. The quantitative estimate of drug-likeness (QED) is 0.154. The standard InChI is InChI=1S/C38H46BF3N6O5S/c1-7-30(39-52-29-18-24-17-28(35(24,2)3)37(29,5)53-39)45-31(49)27-19-36(4,46-34(51)48(54-6)25-14-9-8-10-15-25)33-44-21-26(32(50)47(27)33)43-20-22-12-11-13-23(16-22)38(40,41)42/h8-16,21,24,27-30,43H,7,17-20H2,1-6H3,(H,45,49)(H,46,51)/t24-,27-,28-,29+,30-,36+,37-/m0/s1. The number of benzene rings is 2. The number of alkyl halides is 3. The zero-order valence-electron chi connectivity index (χ0n) is 31.2. The molecule has 8 rings (SSSR count). The molecule has 1 saturated heterocycles. The average molecular weight is 767 g/mol. The number of urea groups is 1. The Morgan fingerprint density at radius 3 is 2.52 bits per heavy atom. The minimum atomic E-state index is -4.52. The molecule has 3 aliphatic carbocycles. The van der Waals surface area contributed by atoms with Crippen molar-refractivity contribution < 1.29 is 32.1 Å². The summed E-state index contributed by atoms with van der Waals surface area (Å²) in [4.78, 5) is 47.1. The van der Waals surface area contributed by atoms with E-state index >= 15 is 0 Å². The molecule has 4 fully saturated rings. The van der Waals surface area contributed by atoms with Gasteiger partial charge in [-0.15, -0.1) is 0 Å². The number of carbonyl (C=O) groups is 2. The fourth-order valence-electron chi connectivity index (χ4n) is 9.10. The molecule has 3 heterocycles. The molecule has 0 radical (unpaired) electrons. The van der Waals surface area contributed by atoms with Crippen molar-refractivity contribution in [2.75, 3.05) is 15.9 Å². The summed E-state index contributed by atoms with van der Waals surface area (Å²) in [5.41, 5.74) is -2.08. The maximum absolute atomic E-state index is 14.4. The van der Waals surface area contributed by atoms with E-state index in [0.717, 1.165) is 25.0 Å². The lowest BCUT2D eigenvalue weighted by atomic mass is 9.43. The van der Waals surface area contributed by atoms with Gasteiger partial charge in [0.05, 0.1) is 40.6 Å². The first-order valence-corrected chi connectivity index (χ1v) is 19.6. The number of nitrogens with zero attached hydrogens (tertiary/aromatic N) is 3. The highest BCUT2D eigenvalue weighted by Crippen LogP contribution is 2.65. The lowest BCUT2D eigenvalue weighted by Gasteiger charge is -2.64. The van der Waals surface area contributed by atoms with Crippen molar-refractivity contribution >= 4 is 42.4 Å². The number of anilines is 2. The van der Waals surface area contributed by atoms with Crippen LogP contribution in [0.25, 0.3) is 0 Å².